The predicted molar refractivity (Wildman–Crippen MR) is 70.4 cm³/mol. The Kier molecular flexibility index (Phi) is 3.54. The summed E-state index contributed by atoms with van der Waals surface area (Å²) in [6.45, 7) is 2.04. The van der Waals surface area contributed by atoms with E-state index >= 15 is 0 Å². The molecular formula is C13H14N2OS. The summed E-state index contributed by atoms with van der Waals surface area (Å²) in [4.78, 5) is 17.7. The number of aromatic nitrogens is 1. The van der Waals surface area contributed by atoms with Gasteiger partial charge in [0.1, 0.15) is 0 Å². The molecule has 0 N–H and O–H groups in total. The Hall–Kier alpha value is -1.68. The number of hydrogen-bond donors (Lipinski definition) is 0. The highest BCUT2D eigenvalue weighted by Crippen LogP contribution is 2.16. The molecule has 0 fully saturated rings. The van der Waals surface area contributed by atoms with Crippen LogP contribution < -0.4 is 4.90 Å². The van der Waals surface area contributed by atoms with Crippen LogP contribution >= 0.6 is 11.3 Å². The molecule has 0 radical (unpaired) electrons. The number of anilines is 1. The lowest BCUT2D eigenvalue weighted by molar-refractivity contribution is -0.117. The maximum atomic E-state index is 12.0. The highest BCUT2D eigenvalue weighted by molar-refractivity contribution is 7.13. The van der Waals surface area contributed by atoms with Crippen molar-refractivity contribution in [3.63, 3.8) is 0 Å². The van der Waals surface area contributed by atoms with Crippen LogP contribution in [0.25, 0.3) is 0 Å². The smallest absolute Gasteiger partial charge is 0.232 e. The monoisotopic (exact) mass is 246 g/mol. The minimum atomic E-state index is 0.0591. The fourth-order valence-corrected chi connectivity index (χ4v) is 2.11. The Morgan fingerprint density at radius 3 is 2.65 bits per heavy atom. The van der Waals surface area contributed by atoms with Crippen molar-refractivity contribution >= 4 is 22.4 Å². The second-order valence-corrected chi connectivity index (χ2v) is 4.80. The van der Waals surface area contributed by atoms with E-state index in [1.165, 1.54) is 16.9 Å². The molecule has 3 nitrogen and oxygen atoms in total. The molecule has 4 heteroatoms. The molecule has 0 unspecified atom stereocenters. The lowest BCUT2D eigenvalue weighted by Gasteiger charge is -2.13. The Bertz CT molecular complexity index is 491. The molecule has 0 aliphatic heterocycles. The van der Waals surface area contributed by atoms with Crippen molar-refractivity contribution in [1.29, 1.82) is 0 Å². The van der Waals surface area contributed by atoms with Gasteiger partial charge in [0.15, 0.2) is 5.13 Å². The van der Waals surface area contributed by atoms with E-state index in [9.17, 15) is 4.79 Å². The molecule has 1 aromatic carbocycles. The summed E-state index contributed by atoms with van der Waals surface area (Å²) in [6, 6.07) is 8.02. The summed E-state index contributed by atoms with van der Waals surface area (Å²) in [5.41, 5.74) is 2.23. The fraction of sp³-hybridized carbons (Fsp3) is 0.231. The molecule has 2 rings (SSSR count). The molecule has 88 valence electrons. The van der Waals surface area contributed by atoms with E-state index in [4.69, 9.17) is 0 Å². The van der Waals surface area contributed by atoms with Gasteiger partial charge in [0.25, 0.3) is 0 Å². The van der Waals surface area contributed by atoms with E-state index in [0.717, 1.165) is 10.7 Å². The first-order valence-electron chi connectivity index (χ1n) is 5.38. The van der Waals surface area contributed by atoms with Gasteiger partial charge in [-0.3, -0.25) is 9.69 Å². The largest absolute Gasteiger partial charge is 0.291 e. The van der Waals surface area contributed by atoms with Crippen molar-refractivity contribution in [2.24, 2.45) is 0 Å². The molecule has 1 amide bonds. The number of rotatable bonds is 3. The molecule has 0 saturated carbocycles. The first-order valence-corrected chi connectivity index (χ1v) is 6.26. The summed E-state index contributed by atoms with van der Waals surface area (Å²) in [7, 11) is 1.76. The first-order chi connectivity index (χ1) is 8.16. The number of likely N-dealkylation sites (N-methyl/N-ethyl adjacent to an activating group) is 1. The van der Waals surface area contributed by atoms with Gasteiger partial charge in [0.05, 0.1) is 6.42 Å². The van der Waals surface area contributed by atoms with Crippen molar-refractivity contribution in [2.75, 3.05) is 11.9 Å². The number of aryl methyl sites for hydroxylation is 1. The van der Waals surface area contributed by atoms with Gasteiger partial charge in [0.2, 0.25) is 5.91 Å². The summed E-state index contributed by atoms with van der Waals surface area (Å²) in [5.74, 6) is 0.0591. The Morgan fingerprint density at radius 1 is 1.35 bits per heavy atom. The predicted octanol–water partition coefficient (Wildman–Crippen LogP) is 2.66. The quantitative estimate of drug-likeness (QED) is 0.834. The topological polar surface area (TPSA) is 33.2 Å². The average Bonchev–Trinajstić information content (AvgIpc) is 2.84. The van der Waals surface area contributed by atoms with Crippen LogP contribution in [0.15, 0.2) is 35.8 Å². The zero-order chi connectivity index (χ0) is 12.3. The van der Waals surface area contributed by atoms with Gasteiger partial charge < -0.3 is 0 Å². The zero-order valence-corrected chi connectivity index (χ0v) is 10.7. The molecular weight excluding hydrogens is 232 g/mol. The zero-order valence-electron chi connectivity index (χ0n) is 9.88. The maximum Gasteiger partial charge on any atom is 0.232 e. The minimum absolute atomic E-state index is 0.0591. The van der Waals surface area contributed by atoms with E-state index in [2.05, 4.69) is 4.98 Å². The Balaban J connectivity index is 2.04. The van der Waals surface area contributed by atoms with Gasteiger partial charge in [-0.25, -0.2) is 4.98 Å². The molecule has 0 aliphatic carbocycles. The van der Waals surface area contributed by atoms with Gasteiger partial charge in [0, 0.05) is 18.6 Å². The second-order valence-electron chi connectivity index (χ2n) is 3.93. The van der Waals surface area contributed by atoms with Crippen LogP contribution in [-0.4, -0.2) is 17.9 Å². The van der Waals surface area contributed by atoms with Crippen LogP contribution in [-0.2, 0) is 11.2 Å². The van der Waals surface area contributed by atoms with Gasteiger partial charge in [-0.15, -0.1) is 11.3 Å². The highest BCUT2D eigenvalue weighted by Gasteiger charge is 2.13. The summed E-state index contributed by atoms with van der Waals surface area (Å²) in [5, 5.41) is 2.60. The number of amides is 1. The van der Waals surface area contributed by atoms with Crippen LogP contribution in [0.2, 0.25) is 0 Å². The second kappa shape index (κ2) is 5.10. The third kappa shape index (κ3) is 2.91. The van der Waals surface area contributed by atoms with E-state index in [-0.39, 0.29) is 5.91 Å². The molecule has 17 heavy (non-hydrogen) atoms. The molecule has 0 aliphatic rings. The number of benzene rings is 1. The molecule has 2 aromatic rings. The van der Waals surface area contributed by atoms with E-state index in [1.807, 2.05) is 36.6 Å². The lowest BCUT2D eigenvalue weighted by Crippen LogP contribution is -2.27. The van der Waals surface area contributed by atoms with Crippen molar-refractivity contribution in [2.45, 2.75) is 13.3 Å². The fourth-order valence-electron chi connectivity index (χ4n) is 1.49. The van der Waals surface area contributed by atoms with E-state index < -0.39 is 0 Å². The van der Waals surface area contributed by atoms with E-state index in [0.29, 0.717) is 6.42 Å². The van der Waals surface area contributed by atoms with Crippen LogP contribution in [0.5, 0.6) is 0 Å². The third-order valence-corrected chi connectivity index (χ3v) is 3.40. The van der Waals surface area contributed by atoms with Crippen molar-refractivity contribution < 1.29 is 4.79 Å². The number of nitrogens with zero attached hydrogens (tertiary/aromatic N) is 2. The Labute approximate surface area is 105 Å². The van der Waals surface area contributed by atoms with Crippen molar-refractivity contribution in [1.82, 2.24) is 4.98 Å². The normalized spacial score (nSPS) is 10.2. The molecule has 1 heterocycles. The van der Waals surface area contributed by atoms with Crippen LogP contribution in [0.3, 0.4) is 0 Å². The molecule has 0 bridgehead atoms. The number of thiazole rings is 1. The van der Waals surface area contributed by atoms with Crippen LogP contribution in [0.4, 0.5) is 5.13 Å². The molecule has 0 spiro atoms. The third-order valence-electron chi connectivity index (χ3n) is 2.56. The Morgan fingerprint density at radius 2 is 2.06 bits per heavy atom. The van der Waals surface area contributed by atoms with Gasteiger partial charge in [-0.1, -0.05) is 29.8 Å². The van der Waals surface area contributed by atoms with Crippen molar-refractivity contribution in [3.8, 4) is 0 Å². The minimum Gasteiger partial charge on any atom is -0.291 e. The first kappa shape index (κ1) is 11.8. The number of hydrogen-bond acceptors (Lipinski definition) is 3. The molecule has 1 aromatic heterocycles. The van der Waals surface area contributed by atoms with Crippen molar-refractivity contribution in [3.05, 3.63) is 47.0 Å². The molecule has 0 atom stereocenters. The SMILES string of the molecule is Cc1ccc(CC(=O)N(C)c2nccs2)cc1. The van der Waals surface area contributed by atoms with E-state index in [1.54, 1.807) is 18.1 Å². The van der Waals surface area contributed by atoms with Gasteiger partial charge >= 0.3 is 0 Å². The average molecular weight is 246 g/mol. The maximum absolute atomic E-state index is 12.0. The number of carbonyl (C=O) groups is 1. The van der Waals surface area contributed by atoms with Crippen LogP contribution in [0, 0.1) is 6.92 Å². The number of carbonyl (C=O) groups excluding carboxylic acids is 1. The van der Waals surface area contributed by atoms with Gasteiger partial charge in [-0.2, -0.15) is 0 Å². The van der Waals surface area contributed by atoms with Crippen LogP contribution in [0.1, 0.15) is 11.1 Å². The standard InChI is InChI=1S/C13H14N2OS/c1-10-3-5-11(6-4-10)9-12(16)15(2)13-14-7-8-17-13/h3-8H,9H2,1-2H3. The van der Waals surface area contributed by atoms with Gasteiger partial charge in [-0.05, 0) is 12.5 Å². The summed E-state index contributed by atoms with van der Waals surface area (Å²) >= 11 is 1.47. The highest BCUT2D eigenvalue weighted by atomic mass is 32.1. The summed E-state index contributed by atoms with van der Waals surface area (Å²) in [6.07, 6.45) is 2.12. The molecule has 0 saturated heterocycles. The lowest BCUT2D eigenvalue weighted by atomic mass is 10.1. The summed E-state index contributed by atoms with van der Waals surface area (Å²) < 4.78 is 0.